The Morgan fingerprint density at radius 1 is 1.50 bits per heavy atom. The van der Waals surface area contributed by atoms with Crippen LogP contribution in [0.1, 0.15) is 31.1 Å². The second-order valence-electron chi connectivity index (χ2n) is 3.86. The molecule has 1 heterocycles. The molecule has 0 aliphatic carbocycles. The Morgan fingerprint density at radius 2 is 2.06 bits per heavy atom. The number of hydrogen-bond donors (Lipinski definition) is 2. The number of carbonyl (C=O) groups excluding carboxylic acids is 1. The van der Waals surface area contributed by atoms with Crippen molar-refractivity contribution in [3.05, 3.63) is 27.5 Å². The SMILES string of the molecule is CC(=O)NC(C)n1c(O)c(C)c(C)cc1=O. The van der Waals surface area contributed by atoms with E-state index in [0.717, 1.165) is 10.1 Å². The summed E-state index contributed by atoms with van der Waals surface area (Å²) < 4.78 is 1.16. The van der Waals surface area contributed by atoms with Gasteiger partial charge >= 0.3 is 0 Å². The normalized spacial score (nSPS) is 12.2. The molecular formula is C11H16N2O3. The van der Waals surface area contributed by atoms with Crippen LogP contribution in [0.25, 0.3) is 0 Å². The zero-order valence-corrected chi connectivity index (χ0v) is 9.87. The standard InChI is InChI=1S/C11H16N2O3/c1-6-5-10(15)13(11(16)7(6)2)8(3)12-9(4)14/h5,8,16H,1-4H3,(H,12,14). The number of carbonyl (C=O) groups is 1. The smallest absolute Gasteiger partial charge is 0.255 e. The number of hydrogen-bond acceptors (Lipinski definition) is 3. The van der Waals surface area contributed by atoms with E-state index in [1.807, 2.05) is 0 Å². The number of amides is 1. The molecule has 0 fully saturated rings. The Balaban J connectivity index is 3.29. The van der Waals surface area contributed by atoms with Gasteiger partial charge in [-0.05, 0) is 26.3 Å². The second-order valence-corrected chi connectivity index (χ2v) is 3.86. The minimum absolute atomic E-state index is 0.105. The lowest BCUT2D eigenvalue weighted by atomic mass is 10.1. The number of aryl methyl sites for hydroxylation is 1. The highest BCUT2D eigenvalue weighted by Gasteiger charge is 2.14. The van der Waals surface area contributed by atoms with Crippen molar-refractivity contribution in [2.75, 3.05) is 0 Å². The van der Waals surface area contributed by atoms with Gasteiger partial charge < -0.3 is 10.4 Å². The Bertz CT molecular complexity index is 477. The topological polar surface area (TPSA) is 71.3 Å². The monoisotopic (exact) mass is 224 g/mol. The van der Waals surface area contributed by atoms with Gasteiger partial charge in [0.25, 0.3) is 5.56 Å². The van der Waals surface area contributed by atoms with Crippen LogP contribution >= 0.6 is 0 Å². The highest BCUT2D eigenvalue weighted by Crippen LogP contribution is 2.19. The van der Waals surface area contributed by atoms with Gasteiger partial charge in [0.2, 0.25) is 5.91 Å². The molecule has 5 nitrogen and oxygen atoms in total. The van der Waals surface area contributed by atoms with Crippen molar-refractivity contribution >= 4 is 5.91 Å². The molecule has 5 heteroatoms. The fraction of sp³-hybridized carbons (Fsp3) is 0.455. The fourth-order valence-corrected chi connectivity index (χ4v) is 1.56. The zero-order valence-electron chi connectivity index (χ0n) is 9.87. The summed E-state index contributed by atoms with van der Waals surface area (Å²) in [5.74, 6) is -0.358. The summed E-state index contributed by atoms with van der Waals surface area (Å²) >= 11 is 0. The molecule has 1 atom stereocenters. The maximum absolute atomic E-state index is 11.7. The molecule has 0 saturated carbocycles. The second kappa shape index (κ2) is 4.38. The molecule has 1 amide bonds. The first-order chi connectivity index (χ1) is 7.34. The van der Waals surface area contributed by atoms with Crippen molar-refractivity contribution in [1.29, 1.82) is 0 Å². The van der Waals surface area contributed by atoms with Gasteiger partial charge in [0.15, 0.2) is 5.88 Å². The molecule has 1 aromatic heterocycles. The highest BCUT2D eigenvalue weighted by molar-refractivity contribution is 5.72. The van der Waals surface area contributed by atoms with E-state index in [4.69, 9.17) is 0 Å². The van der Waals surface area contributed by atoms with Crippen molar-refractivity contribution < 1.29 is 9.90 Å². The largest absolute Gasteiger partial charge is 0.494 e. The third kappa shape index (κ3) is 2.24. The van der Waals surface area contributed by atoms with Gasteiger partial charge in [-0.3, -0.25) is 14.2 Å². The molecule has 1 unspecified atom stereocenters. The number of aromatic hydroxyl groups is 1. The minimum atomic E-state index is -0.565. The summed E-state index contributed by atoms with van der Waals surface area (Å²) in [5, 5.41) is 12.4. The van der Waals surface area contributed by atoms with E-state index in [9.17, 15) is 14.7 Å². The molecular weight excluding hydrogens is 208 g/mol. The molecule has 0 spiro atoms. The number of nitrogens with zero attached hydrogens (tertiary/aromatic N) is 1. The van der Waals surface area contributed by atoms with E-state index in [-0.39, 0.29) is 17.3 Å². The Morgan fingerprint density at radius 3 is 2.56 bits per heavy atom. The lowest BCUT2D eigenvalue weighted by molar-refractivity contribution is -0.120. The van der Waals surface area contributed by atoms with E-state index in [0.29, 0.717) is 5.56 Å². The third-order valence-corrected chi connectivity index (χ3v) is 2.53. The molecule has 0 saturated heterocycles. The summed E-state index contributed by atoms with van der Waals surface area (Å²) in [7, 11) is 0. The third-order valence-electron chi connectivity index (χ3n) is 2.53. The summed E-state index contributed by atoms with van der Waals surface area (Å²) in [6.45, 7) is 6.47. The van der Waals surface area contributed by atoms with Crippen LogP contribution in [0.2, 0.25) is 0 Å². The number of pyridine rings is 1. The Labute approximate surface area is 93.7 Å². The summed E-state index contributed by atoms with van der Waals surface area (Å²) in [6, 6.07) is 1.44. The molecule has 0 aliphatic rings. The molecule has 88 valence electrons. The zero-order chi connectivity index (χ0) is 12.5. The van der Waals surface area contributed by atoms with Crippen molar-refractivity contribution in [3.63, 3.8) is 0 Å². The maximum atomic E-state index is 11.7. The van der Waals surface area contributed by atoms with Crippen LogP contribution in [0, 0.1) is 13.8 Å². The average molecular weight is 224 g/mol. The van der Waals surface area contributed by atoms with Crippen molar-refractivity contribution in [2.45, 2.75) is 33.9 Å². The highest BCUT2D eigenvalue weighted by atomic mass is 16.3. The van der Waals surface area contributed by atoms with E-state index in [1.54, 1.807) is 20.8 Å². The van der Waals surface area contributed by atoms with Crippen molar-refractivity contribution in [3.8, 4) is 5.88 Å². The van der Waals surface area contributed by atoms with E-state index < -0.39 is 6.17 Å². The van der Waals surface area contributed by atoms with Gasteiger partial charge in [-0.1, -0.05) is 0 Å². The molecule has 1 rings (SSSR count). The Kier molecular flexibility index (Phi) is 3.37. The first-order valence-corrected chi connectivity index (χ1v) is 5.03. The van der Waals surface area contributed by atoms with Crippen LogP contribution in [-0.2, 0) is 4.79 Å². The van der Waals surface area contributed by atoms with Gasteiger partial charge in [0, 0.05) is 18.6 Å². The molecule has 0 aromatic carbocycles. The van der Waals surface area contributed by atoms with Gasteiger partial charge in [-0.2, -0.15) is 0 Å². The van der Waals surface area contributed by atoms with Gasteiger partial charge in [0.05, 0.1) is 0 Å². The molecule has 0 radical (unpaired) electrons. The number of rotatable bonds is 2. The number of aromatic nitrogens is 1. The summed E-state index contributed by atoms with van der Waals surface area (Å²) in [4.78, 5) is 22.6. The maximum Gasteiger partial charge on any atom is 0.255 e. The van der Waals surface area contributed by atoms with Crippen LogP contribution < -0.4 is 10.9 Å². The summed E-state index contributed by atoms with van der Waals surface area (Å²) in [5.41, 5.74) is 1.03. The molecule has 16 heavy (non-hydrogen) atoms. The lowest BCUT2D eigenvalue weighted by Gasteiger charge is -2.19. The Hall–Kier alpha value is -1.78. The van der Waals surface area contributed by atoms with Gasteiger partial charge in [-0.25, -0.2) is 0 Å². The molecule has 2 N–H and O–H groups in total. The van der Waals surface area contributed by atoms with Crippen molar-refractivity contribution in [1.82, 2.24) is 9.88 Å². The van der Waals surface area contributed by atoms with Gasteiger partial charge in [-0.15, -0.1) is 0 Å². The average Bonchev–Trinajstić information content (AvgIpc) is 2.13. The molecule has 0 bridgehead atoms. The lowest BCUT2D eigenvalue weighted by Crippen LogP contribution is -2.35. The molecule has 0 aliphatic heterocycles. The van der Waals surface area contributed by atoms with Crippen LogP contribution in [0.5, 0.6) is 5.88 Å². The van der Waals surface area contributed by atoms with Crippen LogP contribution in [0.3, 0.4) is 0 Å². The molecule has 1 aromatic rings. The number of nitrogens with one attached hydrogen (secondary N) is 1. The first-order valence-electron chi connectivity index (χ1n) is 5.03. The quantitative estimate of drug-likeness (QED) is 0.781. The van der Waals surface area contributed by atoms with E-state index in [1.165, 1.54) is 13.0 Å². The summed E-state index contributed by atoms with van der Waals surface area (Å²) in [6.07, 6.45) is -0.565. The predicted octanol–water partition coefficient (Wildman–Crippen LogP) is 0.825. The van der Waals surface area contributed by atoms with Crippen LogP contribution in [0.15, 0.2) is 10.9 Å². The van der Waals surface area contributed by atoms with Crippen LogP contribution in [-0.4, -0.2) is 15.6 Å². The van der Waals surface area contributed by atoms with Crippen LogP contribution in [0.4, 0.5) is 0 Å². The van der Waals surface area contributed by atoms with Gasteiger partial charge in [0.1, 0.15) is 6.17 Å². The van der Waals surface area contributed by atoms with E-state index in [2.05, 4.69) is 5.32 Å². The fourth-order valence-electron chi connectivity index (χ4n) is 1.56. The minimum Gasteiger partial charge on any atom is -0.494 e. The predicted molar refractivity (Wildman–Crippen MR) is 60.4 cm³/mol. The first kappa shape index (κ1) is 12.3. The van der Waals surface area contributed by atoms with Crippen molar-refractivity contribution in [2.24, 2.45) is 0 Å². The van der Waals surface area contributed by atoms with E-state index >= 15 is 0 Å².